The molecule has 6 heteroatoms. The smallest absolute Gasteiger partial charge is 0.164 e. The van der Waals surface area contributed by atoms with Crippen molar-refractivity contribution in [3.05, 3.63) is 188 Å². The molecule has 0 aliphatic carbocycles. The minimum Gasteiger partial charge on any atom is -0.453 e. The van der Waals surface area contributed by atoms with Gasteiger partial charge in [-0.25, -0.2) is 15.0 Å². The molecule has 266 valence electrons. The molecule has 1 aliphatic rings. The van der Waals surface area contributed by atoms with Gasteiger partial charge in [-0.05, 0) is 70.4 Å². The van der Waals surface area contributed by atoms with E-state index >= 15 is 0 Å². The van der Waals surface area contributed by atoms with E-state index in [9.17, 15) is 0 Å². The Bertz CT molecular complexity index is 3360. The van der Waals surface area contributed by atoms with Crippen molar-refractivity contribution in [2.24, 2.45) is 0 Å². The van der Waals surface area contributed by atoms with E-state index in [0.717, 1.165) is 94.3 Å². The lowest BCUT2D eigenvalue weighted by atomic mass is 10.0. The Morgan fingerprint density at radius 1 is 0.404 bits per heavy atom. The Morgan fingerprint density at radius 2 is 1.02 bits per heavy atom. The molecule has 0 radical (unpaired) electrons. The summed E-state index contributed by atoms with van der Waals surface area (Å²) < 4.78 is 11.3. The van der Waals surface area contributed by atoms with Crippen molar-refractivity contribution < 1.29 is 4.74 Å². The summed E-state index contributed by atoms with van der Waals surface area (Å²) in [5, 5.41) is 5.60. The lowest BCUT2D eigenvalue weighted by molar-refractivity contribution is 0.476. The Labute approximate surface area is 327 Å². The summed E-state index contributed by atoms with van der Waals surface area (Å²) in [6.07, 6.45) is 0. The number of ether oxygens (including phenoxy) is 1. The number of rotatable bonds is 5. The fourth-order valence-corrected chi connectivity index (χ4v) is 8.57. The van der Waals surface area contributed by atoms with Crippen LogP contribution in [0.25, 0.3) is 100 Å². The van der Waals surface area contributed by atoms with Gasteiger partial charge in [0.1, 0.15) is 5.65 Å². The molecule has 0 saturated heterocycles. The molecule has 0 bridgehead atoms. The number of para-hydroxylation sites is 4. The van der Waals surface area contributed by atoms with Crippen LogP contribution in [0.5, 0.6) is 11.5 Å². The van der Waals surface area contributed by atoms with Crippen molar-refractivity contribution in [3.63, 3.8) is 0 Å². The summed E-state index contributed by atoms with van der Waals surface area (Å²) in [4.78, 5) is 15.6. The molecule has 0 unspecified atom stereocenters. The van der Waals surface area contributed by atoms with Crippen LogP contribution < -0.4 is 4.74 Å². The molecular weight excluding hydrogens is 699 g/mol. The molecule has 0 N–H and O–H groups in total. The first-order valence-corrected chi connectivity index (χ1v) is 19.1. The third-order valence-corrected chi connectivity index (χ3v) is 11.2. The van der Waals surface area contributed by atoms with Crippen LogP contribution in [0, 0.1) is 0 Å². The number of hydrogen-bond acceptors (Lipinski definition) is 4. The highest BCUT2D eigenvalue weighted by Gasteiger charge is 2.29. The van der Waals surface area contributed by atoms with E-state index in [1.54, 1.807) is 0 Å². The molecular formula is C51H31N5O. The maximum absolute atomic E-state index is 6.52. The molecule has 3 aromatic heterocycles. The van der Waals surface area contributed by atoms with Crippen molar-refractivity contribution >= 4 is 43.6 Å². The van der Waals surface area contributed by atoms with Gasteiger partial charge in [0.15, 0.2) is 29.0 Å². The van der Waals surface area contributed by atoms with Crippen molar-refractivity contribution in [2.45, 2.75) is 0 Å². The van der Waals surface area contributed by atoms with Crippen molar-refractivity contribution in [2.75, 3.05) is 0 Å². The highest BCUT2D eigenvalue weighted by molar-refractivity contribution is 6.24. The van der Waals surface area contributed by atoms with Gasteiger partial charge in [-0.3, -0.25) is 9.13 Å². The van der Waals surface area contributed by atoms with Gasteiger partial charge in [0.25, 0.3) is 0 Å². The van der Waals surface area contributed by atoms with Crippen LogP contribution in [0.4, 0.5) is 0 Å². The largest absolute Gasteiger partial charge is 0.453 e. The van der Waals surface area contributed by atoms with Crippen LogP contribution in [0.1, 0.15) is 0 Å². The molecule has 6 nitrogen and oxygen atoms in total. The minimum atomic E-state index is 0.611. The van der Waals surface area contributed by atoms with Gasteiger partial charge in [0, 0.05) is 38.5 Å². The summed E-state index contributed by atoms with van der Waals surface area (Å²) in [5.74, 6) is 3.53. The van der Waals surface area contributed by atoms with Gasteiger partial charge < -0.3 is 4.74 Å². The second kappa shape index (κ2) is 12.3. The molecule has 0 spiro atoms. The minimum absolute atomic E-state index is 0.611. The van der Waals surface area contributed by atoms with E-state index in [1.807, 2.05) is 18.2 Å². The third kappa shape index (κ3) is 4.87. The van der Waals surface area contributed by atoms with E-state index in [-0.39, 0.29) is 0 Å². The molecule has 0 amide bonds. The van der Waals surface area contributed by atoms with Gasteiger partial charge in [-0.2, -0.15) is 0 Å². The van der Waals surface area contributed by atoms with Crippen LogP contribution in [-0.4, -0.2) is 24.1 Å². The van der Waals surface area contributed by atoms with Crippen molar-refractivity contribution in [3.8, 4) is 68.2 Å². The van der Waals surface area contributed by atoms with E-state index in [0.29, 0.717) is 17.5 Å². The van der Waals surface area contributed by atoms with E-state index in [2.05, 4.69) is 179 Å². The number of aromatic nitrogens is 5. The Morgan fingerprint density at radius 3 is 1.88 bits per heavy atom. The fraction of sp³-hybridized carbons (Fsp3) is 0. The second-order valence-corrected chi connectivity index (χ2v) is 14.4. The van der Waals surface area contributed by atoms with E-state index < -0.39 is 0 Å². The molecule has 11 aromatic rings. The maximum Gasteiger partial charge on any atom is 0.164 e. The Balaban J connectivity index is 1.12. The van der Waals surface area contributed by atoms with Gasteiger partial charge in [0.05, 0.1) is 16.7 Å². The molecule has 0 atom stereocenters. The number of fused-ring (bicyclic) bond motifs is 8. The monoisotopic (exact) mass is 729 g/mol. The highest BCUT2D eigenvalue weighted by Crippen LogP contribution is 2.49. The Kier molecular flexibility index (Phi) is 6.83. The molecule has 12 rings (SSSR count). The van der Waals surface area contributed by atoms with Crippen LogP contribution in [-0.2, 0) is 0 Å². The predicted molar refractivity (Wildman–Crippen MR) is 230 cm³/mol. The van der Waals surface area contributed by atoms with Crippen LogP contribution in [0.3, 0.4) is 0 Å². The first kappa shape index (κ1) is 31.5. The summed E-state index contributed by atoms with van der Waals surface area (Å²) in [6.45, 7) is 0. The summed E-state index contributed by atoms with van der Waals surface area (Å²) in [7, 11) is 0. The summed E-state index contributed by atoms with van der Waals surface area (Å²) in [6, 6.07) is 65.4. The SMILES string of the molecule is c1ccc(-c2ccc(-c3nc(-c4ccc5c(c4)c4c6cccc7c6n(c4n5-c4ccccc4)-c4ccccc4O7)nc(-c4cccc5ccccc45)n3)cc2)cc1. The first-order valence-electron chi connectivity index (χ1n) is 19.1. The summed E-state index contributed by atoms with van der Waals surface area (Å²) >= 11 is 0. The number of hydrogen-bond donors (Lipinski definition) is 0. The number of nitrogens with zero attached hydrogens (tertiary/aromatic N) is 5. The molecule has 0 saturated carbocycles. The summed E-state index contributed by atoms with van der Waals surface area (Å²) in [5.41, 5.74) is 10.4. The fourth-order valence-electron chi connectivity index (χ4n) is 8.57. The number of benzene rings is 8. The molecule has 0 fully saturated rings. The molecule has 57 heavy (non-hydrogen) atoms. The lowest BCUT2D eigenvalue weighted by Gasteiger charge is -2.21. The topological polar surface area (TPSA) is 57.8 Å². The molecule has 4 heterocycles. The standard InChI is InChI=1S/C51H31N5O/c1-3-13-32(14-4-1)33-25-27-35(28-26-33)48-52-49(54-50(53-48)39-20-11-16-34-15-7-8-19-38(34)39)36-29-30-42-41(31-36)46-40-21-12-24-45-47(40)56(43-22-9-10-23-44(43)57-45)51(46)55(42)37-17-5-2-6-18-37/h1-31H. The van der Waals surface area contributed by atoms with Crippen LogP contribution in [0.2, 0.25) is 0 Å². The third-order valence-electron chi connectivity index (χ3n) is 11.2. The average molecular weight is 730 g/mol. The van der Waals surface area contributed by atoms with Gasteiger partial charge in [-0.1, -0.05) is 140 Å². The lowest BCUT2D eigenvalue weighted by Crippen LogP contribution is -2.07. The normalized spacial score (nSPS) is 12.0. The van der Waals surface area contributed by atoms with Crippen molar-refractivity contribution in [1.82, 2.24) is 24.1 Å². The van der Waals surface area contributed by atoms with Gasteiger partial charge in [-0.15, -0.1) is 0 Å². The van der Waals surface area contributed by atoms with Crippen LogP contribution in [0.15, 0.2) is 188 Å². The highest BCUT2D eigenvalue weighted by atomic mass is 16.5. The van der Waals surface area contributed by atoms with Crippen LogP contribution >= 0.6 is 0 Å². The molecule has 8 aromatic carbocycles. The Hall–Kier alpha value is -7.83. The maximum atomic E-state index is 6.52. The molecule has 1 aliphatic heterocycles. The second-order valence-electron chi connectivity index (χ2n) is 14.4. The zero-order valence-electron chi connectivity index (χ0n) is 30.5. The van der Waals surface area contributed by atoms with E-state index in [4.69, 9.17) is 19.7 Å². The first-order chi connectivity index (χ1) is 28.3. The predicted octanol–water partition coefficient (Wildman–Crippen LogP) is 12.8. The average Bonchev–Trinajstić information content (AvgIpc) is 3.80. The quantitative estimate of drug-likeness (QED) is 0.177. The van der Waals surface area contributed by atoms with E-state index in [1.165, 1.54) is 0 Å². The van der Waals surface area contributed by atoms with Gasteiger partial charge in [0.2, 0.25) is 0 Å². The zero-order valence-corrected chi connectivity index (χ0v) is 30.5. The van der Waals surface area contributed by atoms with Crippen molar-refractivity contribution in [1.29, 1.82) is 0 Å². The van der Waals surface area contributed by atoms with Gasteiger partial charge >= 0.3 is 0 Å². The zero-order chi connectivity index (χ0) is 37.5.